The summed E-state index contributed by atoms with van der Waals surface area (Å²) in [4.78, 5) is 13.0. The van der Waals surface area contributed by atoms with Gasteiger partial charge in [-0.25, -0.2) is 0 Å². The molecule has 0 saturated carbocycles. The molecular formula is C18H25NO4. The van der Waals surface area contributed by atoms with Gasteiger partial charge in [-0.1, -0.05) is 6.42 Å². The van der Waals surface area contributed by atoms with Crippen molar-refractivity contribution in [2.24, 2.45) is 5.92 Å². The van der Waals surface area contributed by atoms with Crippen LogP contribution in [0.25, 0.3) is 0 Å². The maximum atomic E-state index is 13.0. The molecule has 0 amide bonds. The van der Waals surface area contributed by atoms with Gasteiger partial charge in [0.25, 0.3) is 0 Å². The van der Waals surface area contributed by atoms with Crippen LogP contribution in [0.1, 0.15) is 42.5 Å². The summed E-state index contributed by atoms with van der Waals surface area (Å²) in [6.07, 6.45) is 5.47. The second-order valence-corrected chi connectivity index (χ2v) is 6.44. The van der Waals surface area contributed by atoms with Gasteiger partial charge in [-0.05, 0) is 37.8 Å². The molecule has 3 rings (SSSR count). The highest BCUT2D eigenvalue weighted by Gasteiger charge is 2.35. The third-order valence-electron chi connectivity index (χ3n) is 5.03. The maximum Gasteiger partial charge on any atom is 0.203 e. The van der Waals surface area contributed by atoms with Crippen molar-refractivity contribution in [3.63, 3.8) is 0 Å². The molecule has 2 atom stereocenters. The molecule has 1 N–H and O–H groups in total. The Morgan fingerprint density at radius 2 is 1.57 bits per heavy atom. The van der Waals surface area contributed by atoms with Crippen molar-refractivity contribution < 1.29 is 19.0 Å². The third-order valence-corrected chi connectivity index (χ3v) is 5.03. The molecule has 2 bridgehead atoms. The lowest BCUT2D eigenvalue weighted by Crippen LogP contribution is -2.50. The Morgan fingerprint density at radius 3 is 2.04 bits per heavy atom. The summed E-state index contributed by atoms with van der Waals surface area (Å²) in [5.41, 5.74) is 0.643. The number of Topliss-reactive ketones (excluding diaryl/α,β-unsaturated/α-hetero) is 1. The first kappa shape index (κ1) is 16.1. The molecule has 0 radical (unpaired) electrons. The van der Waals surface area contributed by atoms with Crippen LogP contribution in [-0.2, 0) is 0 Å². The zero-order valence-corrected chi connectivity index (χ0v) is 14.1. The Balaban J connectivity index is 1.87. The Labute approximate surface area is 137 Å². The number of methoxy groups -OCH3 is 3. The topological polar surface area (TPSA) is 56.8 Å². The van der Waals surface area contributed by atoms with Crippen LogP contribution >= 0.6 is 0 Å². The minimum atomic E-state index is 0.0781. The van der Waals surface area contributed by atoms with Crippen molar-refractivity contribution in [2.45, 2.75) is 44.2 Å². The van der Waals surface area contributed by atoms with E-state index in [4.69, 9.17) is 14.2 Å². The number of rotatable bonds is 5. The first-order chi connectivity index (χ1) is 11.2. The smallest absolute Gasteiger partial charge is 0.203 e. The second kappa shape index (κ2) is 6.79. The van der Waals surface area contributed by atoms with Gasteiger partial charge in [0.15, 0.2) is 17.3 Å². The largest absolute Gasteiger partial charge is 0.493 e. The fraction of sp³-hybridized carbons (Fsp3) is 0.611. The number of benzene rings is 1. The summed E-state index contributed by atoms with van der Waals surface area (Å²) in [5.74, 6) is 1.85. The molecule has 5 heteroatoms. The van der Waals surface area contributed by atoms with Crippen LogP contribution in [0.4, 0.5) is 0 Å². The number of nitrogens with one attached hydrogen (secondary N) is 1. The van der Waals surface area contributed by atoms with Gasteiger partial charge < -0.3 is 19.5 Å². The molecule has 126 valence electrons. The number of ketones is 1. The first-order valence-corrected chi connectivity index (χ1v) is 8.26. The molecule has 1 aromatic carbocycles. The molecule has 2 aliphatic rings. The van der Waals surface area contributed by atoms with E-state index in [1.807, 2.05) is 0 Å². The minimum Gasteiger partial charge on any atom is -0.493 e. The second-order valence-electron chi connectivity index (χ2n) is 6.44. The molecule has 23 heavy (non-hydrogen) atoms. The molecule has 2 fully saturated rings. The van der Waals surface area contributed by atoms with E-state index in [-0.39, 0.29) is 11.7 Å². The number of carbonyl (C=O) groups is 1. The molecule has 2 saturated heterocycles. The molecule has 5 nitrogen and oxygen atoms in total. The quantitative estimate of drug-likeness (QED) is 0.846. The number of fused-ring (bicyclic) bond motifs is 2. The van der Waals surface area contributed by atoms with Crippen molar-refractivity contribution in [1.29, 1.82) is 0 Å². The van der Waals surface area contributed by atoms with Crippen LogP contribution in [0.5, 0.6) is 17.2 Å². The summed E-state index contributed by atoms with van der Waals surface area (Å²) < 4.78 is 16.1. The van der Waals surface area contributed by atoms with E-state index in [2.05, 4.69) is 5.32 Å². The first-order valence-electron chi connectivity index (χ1n) is 8.26. The number of hydrogen-bond acceptors (Lipinski definition) is 5. The van der Waals surface area contributed by atoms with Gasteiger partial charge in [-0.2, -0.15) is 0 Å². The summed E-state index contributed by atoms with van der Waals surface area (Å²) >= 11 is 0. The standard InChI is InChI=1S/C18H25NO4/c1-21-15-9-12(10-16(22-2)18(15)23-3)17(20)11-7-13-5-4-6-14(8-11)19-13/h9-11,13-14,19H,4-8H2,1-3H3. The Morgan fingerprint density at radius 1 is 1.00 bits per heavy atom. The predicted octanol–water partition coefficient (Wildman–Crippen LogP) is 2.82. The zero-order valence-electron chi connectivity index (χ0n) is 14.1. The minimum absolute atomic E-state index is 0.0781. The van der Waals surface area contributed by atoms with E-state index in [0.717, 1.165) is 12.8 Å². The monoisotopic (exact) mass is 319 g/mol. The number of hydrogen-bond donors (Lipinski definition) is 1. The molecule has 0 aromatic heterocycles. The van der Waals surface area contributed by atoms with Crippen LogP contribution in [0.3, 0.4) is 0 Å². The van der Waals surface area contributed by atoms with Crippen LogP contribution in [0.15, 0.2) is 12.1 Å². The third kappa shape index (κ3) is 3.15. The SMILES string of the molecule is COc1cc(C(=O)C2CC3CCCC(C2)N3)cc(OC)c1OC. The average Bonchev–Trinajstić information content (AvgIpc) is 2.59. The van der Waals surface area contributed by atoms with E-state index in [1.165, 1.54) is 19.3 Å². The van der Waals surface area contributed by atoms with Gasteiger partial charge in [0.05, 0.1) is 21.3 Å². The van der Waals surface area contributed by atoms with Crippen LogP contribution in [0.2, 0.25) is 0 Å². The van der Waals surface area contributed by atoms with Crippen LogP contribution < -0.4 is 19.5 Å². The summed E-state index contributed by atoms with van der Waals surface area (Å²) in [7, 11) is 4.71. The van der Waals surface area contributed by atoms with Crippen molar-refractivity contribution in [1.82, 2.24) is 5.32 Å². The lowest BCUT2D eigenvalue weighted by atomic mass is 9.77. The zero-order chi connectivity index (χ0) is 16.4. The molecular weight excluding hydrogens is 294 g/mol. The van der Waals surface area contributed by atoms with E-state index in [0.29, 0.717) is 34.9 Å². The predicted molar refractivity (Wildman–Crippen MR) is 87.7 cm³/mol. The number of carbonyl (C=O) groups excluding carboxylic acids is 1. The molecule has 2 aliphatic heterocycles. The highest BCUT2D eigenvalue weighted by atomic mass is 16.5. The summed E-state index contributed by atoms with van der Waals surface area (Å²) in [6.45, 7) is 0. The number of piperidine rings is 2. The average molecular weight is 319 g/mol. The Bertz CT molecular complexity index is 549. The van der Waals surface area contributed by atoms with E-state index in [1.54, 1.807) is 33.5 Å². The molecule has 1 aromatic rings. The van der Waals surface area contributed by atoms with Crippen LogP contribution in [0, 0.1) is 5.92 Å². The maximum absolute atomic E-state index is 13.0. The van der Waals surface area contributed by atoms with Crippen molar-refractivity contribution in [3.05, 3.63) is 17.7 Å². The van der Waals surface area contributed by atoms with Crippen LogP contribution in [-0.4, -0.2) is 39.2 Å². The fourth-order valence-corrected chi connectivity index (χ4v) is 3.94. The molecule has 0 aliphatic carbocycles. The van der Waals surface area contributed by atoms with Crippen molar-refractivity contribution in [3.8, 4) is 17.2 Å². The van der Waals surface area contributed by atoms with E-state index >= 15 is 0 Å². The highest BCUT2D eigenvalue weighted by molar-refractivity contribution is 5.99. The van der Waals surface area contributed by atoms with E-state index < -0.39 is 0 Å². The lowest BCUT2D eigenvalue weighted by molar-refractivity contribution is 0.0824. The van der Waals surface area contributed by atoms with Gasteiger partial charge in [0.1, 0.15) is 0 Å². The Hall–Kier alpha value is -1.75. The van der Waals surface area contributed by atoms with Gasteiger partial charge in [-0.15, -0.1) is 0 Å². The van der Waals surface area contributed by atoms with E-state index in [9.17, 15) is 4.79 Å². The molecule has 2 unspecified atom stereocenters. The van der Waals surface area contributed by atoms with Crippen molar-refractivity contribution >= 4 is 5.78 Å². The van der Waals surface area contributed by atoms with Gasteiger partial charge in [-0.3, -0.25) is 4.79 Å². The number of ether oxygens (including phenoxy) is 3. The van der Waals surface area contributed by atoms with Crippen molar-refractivity contribution in [2.75, 3.05) is 21.3 Å². The highest BCUT2D eigenvalue weighted by Crippen LogP contribution is 2.40. The van der Waals surface area contributed by atoms with Gasteiger partial charge >= 0.3 is 0 Å². The fourth-order valence-electron chi connectivity index (χ4n) is 3.94. The summed E-state index contributed by atoms with van der Waals surface area (Å²) in [5, 5.41) is 3.63. The Kier molecular flexibility index (Phi) is 4.76. The molecule has 0 spiro atoms. The summed E-state index contributed by atoms with van der Waals surface area (Å²) in [6, 6.07) is 4.50. The normalized spacial score (nSPS) is 26.5. The van der Waals surface area contributed by atoms with Gasteiger partial charge in [0.2, 0.25) is 5.75 Å². The molecule has 2 heterocycles. The van der Waals surface area contributed by atoms with Gasteiger partial charge in [0, 0.05) is 23.6 Å². The lowest BCUT2D eigenvalue weighted by Gasteiger charge is -2.39.